The maximum Gasteiger partial charge on any atom is 0.337 e. The lowest BCUT2D eigenvalue weighted by molar-refractivity contribution is 0.0698. The predicted molar refractivity (Wildman–Crippen MR) is 87.5 cm³/mol. The zero-order valence-electron chi connectivity index (χ0n) is 13.7. The first-order chi connectivity index (χ1) is 12.4. The van der Waals surface area contributed by atoms with E-state index in [1.165, 1.54) is 24.3 Å². The molecule has 0 radical (unpaired) electrons. The van der Waals surface area contributed by atoms with Crippen molar-refractivity contribution in [1.29, 1.82) is 5.26 Å². The normalized spacial score (nSPS) is 10.3. The number of benzene rings is 1. The van der Waals surface area contributed by atoms with Crippen LogP contribution in [0.4, 0.5) is 5.69 Å². The molecule has 0 aliphatic rings. The van der Waals surface area contributed by atoms with Gasteiger partial charge < -0.3 is 19.5 Å². The van der Waals surface area contributed by atoms with Gasteiger partial charge in [-0.2, -0.15) is 5.26 Å². The maximum atomic E-state index is 12.4. The number of carboxylic acids is 1. The summed E-state index contributed by atoms with van der Waals surface area (Å²) < 4.78 is 10.2. The molecule has 0 atom stereocenters. The Morgan fingerprint density at radius 1 is 1.19 bits per heavy atom. The van der Waals surface area contributed by atoms with E-state index in [1.54, 1.807) is 13.8 Å². The van der Waals surface area contributed by atoms with Gasteiger partial charge in [0.2, 0.25) is 0 Å². The van der Waals surface area contributed by atoms with Gasteiger partial charge in [-0.1, -0.05) is 10.3 Å². The molecule has 9 heteroatoms. The lowest BCUT2D eigenvalue weighted by Crippen LogP contribution is -2.15. The van der Waals surface area contributed by atoms with Crippen LogP contribution in [0.3, 0.4) is 0 Å². The van der Waals surface area contributed by atoms with E-state index < -0.39 is 11.9 Å². The van der Waals surface area contributed by atoms with Crippen LogP contribution in [-0.2, 0) is 0 Å². The number of carboxylic acid groups (broad SMARTS) is 1. The first-order valence-corrected chi connectivity index (χ1v) is 7.39. The number of aromatic nitrogens is 2. The van der Waals surface area contributed by atoms with Crippen LogP contribution in [0.25, 0.3) is 11.3 Å². The van der Waals surface area contributed by atoms with Gasteiger partial charge >= 0.3 is 5.97 Å². The van der Waals surface area contributed by atoms with Crippen molar-refractivity contribution in [2.24, 2.45) is 0 Å². The molecule has 0 saturated carbocycles. The van der Waals surface area contributed by atoms with Crippen molar-refractivity contribution in [2.75, 3.05) is 5.32 Å². The molecule has 2 heterocycles. The third-order valence-electron chi connectivity index (χ3n) is 3.65. The van der Waals surface area contributed by atoms with Gasteiger partial charge in [0, 0.05) is 6.07 Å². The molecule has 0 spiro atoms. The average Bonchev–Trinajstić information content (AvgIpc) is 3.21. The van der Waals surface area contributed by atoms with Crippen molar-refractivity contribution in [3.8, 4) is 17.4 Å². The number of carbonyl (C=O) groups is 2. The van der Waals surface area contributed by atoms with E-state index in [1.807, 2.05) is 6.07 Å². The van der Waals surface area contributed by atoms with Crippen molar-refractivity contribution >= 4 is 17.6 Å². The van der Waals surface area contributed by atoms with Crippen molar-refractivity contribution in [3.63, 3.8) is 0 Å². The Morgan fingerprint density at radius 2 is 1.96 bits per heavy atom. The Morgan fingerprint density at radius 3 is 2.58 bits per heavy atom. The molecule has 0 fully saturated rings. The monoisotopic (exact) mass is 352 g/mol. The second-order valence-electron chi connectivity index (χ2n) is 5.41. The minimum Gasteiger partial charge on any atom is -0.478 e. The highest BCUT2D eigenvalue weighted by atomic mass is 16.5. The van der Waals surface area contributed by atoms with E-state index in [0.29, 0.717) is 22.8 Å². The SMILES string of the molecule is Cc1noc(C)c1-c1cc(C(=O)Nc2ccc(C#N)cc2C(=O)O)no1. The molecule has 1 aromatic carbocycles. The predicted octanol–water partition coefficient (Wildman–Crippen LogP) is 2.77. The largest absolute Gasteiger partial charge is 0.478 e. The summed E-state index contributed by atoms with van der Waals surface area (Å²) in [5.74, 6) is -1.09. The number of nitrogens with one attached hydrogen (secondary N) is 1. The zero-order valence-corrected chi connectivity index (χ0v) is 13.7. The van der Waals surface area contributed by atoms with Gasteiger partial charge in [0.05, 0.1) is 34.1 Å². The van der Waals surface area contributed by atoms with E-state index in [9.17, 15) is 14.7 Å². The molecule has 0 unspecified atom stereocenters. The first-order valence-electron chi connectivity index (χ1n) is 7.39. The number of aryl methyl sites for hydroxylation is 2. The topological polar surface area (TPSA) is 142 Å². The molecular weight excluding hydrogens is 340 g/mol. The average molecular weight is 352 g/mol. The van der Waals surface area contributed by atoms with E-state index >= 15 is 0 Å². The third-order valence-corrected chi connectivity index (χ3v) is 3.65. The number of aromatic carboxylic acids is 1. The number of anilines is 1. The van der Waals surface area contributed by atoms with Gasteiger partial charge in [-0.05, 0) is 32.0 Å². The Kier molecular flexibility index (Phi) is 4.24. The molecule has 3 aromatic rings. The lowest BCUT2D eigenvalue weighted by Gasteiger charge is -2.07. The Balaban J connectivity index is 1.88. The summed E-state index contributed by atoms with van der Waals surface area (Å²) in [6.07, 6.45) is 0. The van der Waals surface area contributed by atoms with Gasteiger partial charge in [-0.25, -0.2) is 4.79 Å². The van der Waals surface area contributed by atoms with Crippen LogP contribution in [0.15, 0.2) is 33.3 Å². The number of nitriles is 1. The molecule has 0 aliphatic carbocycles. The second kappa shape index (κ2) is 6.52. The summed E-state index contributed by atoms with van der Waals surface area (Å²) in [5, 5.41) is 28.1. The van der Waals surface area contributed by atoms with E-state index in [2.05, 4.69) is 15.6 Å². The summed E-state index contributed by atoms with van der Waals surface area (Å²) >= 11 is 0. The van der Waals surface area contributed by atoms with Crippen molar-refractivity contribution in [1.82, 2.24) is 10.3 Å². The molecule has 2 N–H and O–H groups in total. The molecular formula is C17H12N4O5. The third kappa shape index (κ3) is 3.03. The second-order valence-corrected chi connectivity index (χ2v) is 5.41. The fourth-order valence-corrected chi connectivity index (χ4v) is 2.42. The summed E-state index contributed by atoms with van der Waals surface area (Å²) in [7, 11) is 0. The Labute approximate surface area is 146 Å². The number of hydrogen-bond acceptors (Lipinski definition) is 7. The quantitative estimate of drug-likeness (QED) is 0.729. The molecule has 1 amide bonds. The van der Waals surface area contributed by atoms with Crippen LogP contribution in [-0.4, -0.2) is 27.3 Å². The fraction of sp³-hybridized carbons (Fsp3) is 0.118. The minimum absolute atomic E-state index is 0.0410. The summed E-state index contributed by atoms with van der Waals surface area (Å²) in [5.41, 5.74) is 1.16. The molecule has 3 rings (SSSR count). The number of rotatable bonds is 4. The molecule has 2 aromatic heterocycles. The number of amides is 1. The van der Waals surface area contributed by atoms with Crippen LogP contribution < -0.4 is 5.32 Å². The van der Waals surface area contributed by atoms with Gasteiger partial charge in [0.1, 0.15) is 5.76 Å². The van der Waals surface area contributed by atoms with Crippen LogP contribution >= 0.6 is 0 Å². The van der Waals surface area contributed by atoms with Gasteiger partial charge in [-0.3, -0.25) is 4.79 Å². The highest BCUT2D eigenvalue weighted by Crippen LogP contribution is 2.27. The maximum absolute atomic E-state index is 12.4. The lowest BCUT2D eigenvalue weighted by atomic mass is 10.1. The molecule has 0 bridgehead atoms. The highest BCUT2D eigenvalue weighted by Gasteiger charge is 2.21. The van der Waals surface area contributed by atoms with Crippen LogP contribution in [0.1, 0.15) is 37.9 Å². The number of carbonyl (C=O) groups excluding carboxylic acids is 1. The van der Waals surface area contributed by atoms with Crippen LogP contribution in [0, 0.1) is 25.2 Å². The molecule has 130 valence electrons. The van der Waals surface area contributed by atoms with Crippen molar-refractivity contribution < 1.29 is 23.7 Å². The fourth-order valence-electron chi connectivity index (χ4n) is 2.42. The van der Waals surface area contributed by atoms with E-state index in [0.717, 1.165) is 0 Å². The first kappa shape index (κ1) is 16.9. The standard InChI is InChI=1S/C17H12N4O5/c1-8-15(9(2)25-20-8)14-6-13(21-26-14)16(22)19-12-4-3-10(7-18)5-11(12)17(23)24/h3-6H,1-2H3,(H,19,22)(H,23,24). The number of nitrogens with zero attached hydrogens (tertiary/aromatic N) is 3. The highest BCUT2D eigenvalue weighted by molar-refractivity contribution is 6.07. The van der Waals surface area contributed by atoms with E-state index in [4.69, 9.17) is 14.3 Å². The van der Waals surface area contributed by atoms with E-state index in [-0.39, 0.29) is 22.5 Å². The minimum atomic E-state index is -1.27. The molecule has 0 aliphatic heterocycles. The molecule has 0 saturated heterocycles. The number of hydrogen-bond donors (Lipinski definition) is 2. The summed E-state index contributed by atoms with van der Waals surface area (Å²) in [6.45, 7) is 3.43. The smallest absolute Gasteiger partial charge is 0.337 e. The molecule has 9 nitrogen and oxygen atoms in total. The van der Waals surface area contributed by atoms with Gasteiger partial charge in [0.15, 0.2) is 11.5 Å². The van der Waals surface area contributed by atoms with Gasteiger partial charge in [0.25, 0.3) is 5.91 Å². The Bertz CT molecular complexity index is 1040. The summed E-state index contributed by atoms with van der Waals surface area (Å²) in [4.78, 5) is 23.7. The van der Waals surface area contributed by atoms with Crippen LogP contribution in [0.5, 0.6) is 0 Å². The Hall–Kier alpha value is -3.93. The van der Waals surface area contributed by atoms with Crippen LogP contribution in [0.2, 0.25) is 0 Å². The van der Waals surface area contributed by atoms with Crippen molar-refractivity contribution in [3.05, 3.63) is 52.5 Å². The zero-order chi connectivity index (χ0) is 18.8. The molecule has 26 heavy (non-hydrogen) atoms. The van der Waals surface area contributed by atoms with Gasteiger partial charge in [-0.15, -0.1) is 0 Å². The van der Waals surface area contributed by atoms with Crippen molar-refractivity contribution in [2.45, 2.75) is 13.8 Å². The summed E-state index contributed by atoms with van der Waals surface area (Å²) in [6, 6.07) is 7.18.